The first kappa shape index (κ1) is 15.0. The van der Waals surface area contributed by atoms with Gasteiger partial charge in [-0.3, -0.25) is 0 Å². The molecule has 1 saturated carbocycles. The molecular weight excluding hydrogens is 244 g/mol. The van der Waals surface area contributed by atoms with Crippen molar-refractivity contribution in [3.05, 3.63) is 11.6 Å². The number of hydrogen-bond acceptors (Lipinski definition) is 4. The van der Waals surface area contributed by atoms with Crippen LogP contribution in [0.25, 0.3) is 0 Å². The summed E-state index contributed by atoms with van der Waals surface area (Å²) in [6, 6.07) is 0. The van der Waals surface area contributed by atoms with Crippen LogP contribution in [0.1, 0.15) is 40.0 Å². The molecular formula is C15H26O4. The van der Waals surface area contributed by atoms with E-state index < -0.39 is 23.7 Å². The Morgan fingerprint density at radius 2 is 1.84 bits per heavy atom. The van der Waals surface area contributed by atoms with Crippen LogP contribution in [0.2, 0.25) is 0 Å². The molecule has 0 bridgehead atoms. The molecule has 2 aliphatic rings. The molecule has 0 spiro atoms. The lowest BCUT2D eigenvalue weighted by molar-refractivity contribution is -0.188. The maximum atomic E-state index is 11.0. The van der Waals surface area contributed by atoms with Gasteiger partial charge in [0.15, 0.2) is 0 Å². The highest BCUT2D eigenvalue weighted by Gasteiger charge is 2.62. The van der Waals surface area contributed by atoms with Gasteiger partial charge in [0.05, 0.1) is 19.3 Å². The third-order valence-electron chi connectivity index (χ3n) is 5.63. The molecule has 0 unspecified atom stereocenters. The second-order valence-corrected chi connectivity index (χ2v) is 7.10. The Balaban J connectivity index is 2.59. The zero-order valence-electron chi connectivity index (χ0n) is 12.1. The number of hydrogen-bond donors (Lipinski definition) is 4. The summed E-state index contributed by atoms with van der Waals surface area (Å²) < 4.78 is 0. The van der Waals surface area contributed by atoms with Gasteiger partial charge in [-0.05, 0) is 23.8 Å². The highest BCUT2D eigenvalue weighted by atomic mass is 16.3. The van der Waals surface area contributed by atoms with Crippen molar-refractivity contribution >= 4 is 0 Å². The van der Waals surface area contributed by atoms with Crippen molar-refractivity contribution in [1.29, 1.82) is 0 Å². The molecule has 4 nitrogen and oxygen atoms in total. The third kappa shape index (κ3) is 1.88. The minimum atomic E-state index is -1.44. The van der Waals surface area contributed by atoms with E-state index in [9.17, 15) is 20.4 Å². The maximum absolute atomic E-state index is 11.0. The summed E-state index contributed by atoms with van der Waals surface area (Å²) in [5.74, 6) is -0.124. The highest BCUT2D eigenvalue weighted by Crippen LogP contribution is 2.60. The average molecular weight is 270 g/mol. The fourth-order valence-electron chi connectivity index (χ4n) is 4.66. The van der Waals surface area contributed by atoms with E-state index in [1.807, 2.05) is 6.92 Å². The second-order valence-electron chi connectivity index (χ2n) is 7.10. The van der Waals surface area contributed by atoms with Gasteiger partial charge in [-0.25, -0.2) is 0 Å². The predicted molar refractivity (Wildman–Crippen MR) is 72.4 cm³/mol. The van der Waals surface area contributed by atoms with Gasteiger partial charge in [0.25, 0.3) is 0 Å². The lowest BCUT2D eigenvalue weighted by atomic mass is 9.46. The Labute approximate surface area is 114 Å². The van der Waals surface area contributed by atoms with Crippen molar-refractivity contribution in [3.63, 3.8) is 0 Å². The van der Waals surface area contributed by atoms with Gasteiger partial charge in [0.2, 0.25) is 0 Å². The quantitative estimate of drug-likeness (QED) is 0.560. The predicted octanol–water partition coefficient (Wildman–Crippen LogP) is 0.836. The Morgan fingerprint density at radius 1 is 1.21 bits per heavy atom. The monoisotopic (exact) mass is 270 g/mol. The van der Waals surface area contributed by atoms with Crippen LogP contribution in [-0.4, -0.2) is 45.3 Å². The first-order valence-corrected chi connectivity index (χ1v) is 7.06. The summed E-state index contributed by atoms with van der Waals surface area (Å²) in [7, 11) is 0. The van der Waals surface area contributed by atoms with Gasteiger partial charge >= 0.3 is 0 Å². The molecule has 0 aromatic rings. The maximum Gasteiger partial charge on any atom is 0.117 e. The fraction of sp³-hybridized carbons (Fsp3) is 0.867. The van der Waals surface area contributed by atoms with Gasteiger partial charge < -0.3 is 20.4 Å². The molecule has 19 heavy (non-hydrogen) atoms. The smallest absolute Gasteiger partial charge is 0.117 e. The van der Waals surface area contributed by atoms with Crippen molar-refractivity contribution in [2.24, 2.45) is 16.7 Å². The van der Waals surface area contributed by atoms with Crippen LogP contribution in [0.15, 0.2) is 11.6 Å². The summed E-state index contributed by atoms with van der Waals surface area (Å²) in [6.07, 6.45) is 3.54. The van der Waals surface area contributed by atoms with E-state index in [0.717, 1.165) is 19.3 Å². The SMILES string of the molecule is CC1(C)CCC[C@]2(C)[C@@H]1[C@H](O)C=C(CO)[C@@]2(O)CO. The molecule has 0 radical (unpaired) electrons. The van der Waals surface area contributed by atoms with Crippen molar-refractivity contribution in [3.8, 4) is 0 Å². The Hall–Kier alpha value is -0.420. The molecule has 0 aliphatic heterocycles. The van der Waals surface area contributed by atoms with E-state index in [2.05, 4.69) is 13.8 Å². The summed E-state index contributed by atoms with van der Waals surface area (Å²) in [5.41, 5.74) is -1.81. The summed E-state index contributed by atoms with van der Waals surface area (Å²) in [5, 5.41) is 40.6. The molecule has 4 N–H and O–H groups in total. The topological polar surface area (TPSA) is 80.9 Å². The normalized spacial score (nSPS) is 45.5. The lowest BCUT2D eigenvalue weighted by Crippen LogP contribution is -2.64. The van der Waals surface area contributed by atoms with E-state index in [4.69, 9.17) is 0 Å². The Morgan fingerprint density at radius 3 is 2.37 bits per heavy atom. The zero-order valence-corrected chi connectivity index (χ0v) is 12.1. The molecule has 0 saturated heterocycles. The van der Waals surface area contributed by atoms with E-state index in [1.165, 1.54) is 6.08 Å². The van der Waals surface area contributed by atoms with Crippen LogP contribution >= 0.6 is 0 Å². The van der Waals surface area contributed by atoms with Crippen LogP contribution in [-0.2, 0) is 0 Å². The van der Waals surface area contributed by atoms with E-state index in [-0.39, 0.29) is 17.9 Å². The largest absolute Gasteiger partial charge is 0.393 e. The summed E-state index contributed by atoms with van der Waals surface area (Å²) in [4.78, 5) is 0. The van der Waals surface area contributed by atoms with E-state index in [0.29, 0.717) is 5.57 Å². The van der Waals surface area contributed by atoms with Crippen LogP contribution in [0.5, 0.6) is 0 Å². The van der Waals surface area contributed by atoms with Crippen LogP contribution < -0.4 is 0 Å². The minimum Gasteiger partial charge on any atom is -0.393 e. The molecule has 1 fully saturated rings. The molecule has 4 atom stereocenters. The summed E-state index contributed by atoms with van der Waals surface area (Å²) >= 11 is 0. The van der Waals surface area contributed by atoms with E-state index in [1.54, 1.807) is 0 Å². The van der Waals surface area contributed by atoms with Crippen molar-refractivity contribution in [2.75, 3.05) is 13.2 Å². The standard InChI is InChI=1S/C15H26O4/c1-13(2)5-4-6-14(3)12(13)11(18)7-10(8-16)15(14,19)9-17/h7,11-12,16-19H,4-6,8-9H2,1-3H3/t11-,12-,14-,15+/m1/s1. The Kier molecular flexibility index (Phi) is 3.59. The van der Waals surface area contributed by atoms with Gasteiger partial charge in [-0.2, -0.15) is 0 Å². The average Bonchev–Trinajstić information content (AvgIpc) is 2.32. The van der Waals surface area contributed by atoms with Crippen molar-refractivity contribution < 1.29 is 20.4 Å². The van der Waals surface area contributed by atoms with Crippen LogP contribution in [0, 0.1) is 16.7 Å². The fourth-order valence-corrected chi connectivity index (χ4v) is 4.66. The molecule has 0 heterocycles. The zero-order chi connectivity index (χ0) is 14.5. The van der Waals surface area contributed by atoms with Crippen LogP contribution in [0.4, 0.5) is 0 Å². The Bertz CT molecular complexity index is 390. The third-order valence-corrected chi connectivity index (χ3v) is 5.63. The van der Waals surface area contributed by atoms with Crippen molar-refractivity contribution in [1.82, 2.24) is 0 Å². The first-order chi connectivity index (χ1) is 8.73. The molecule has 0 amide bonds. The molecule has 0 aromatic carbocycles. The number of rotatable bonds is 2. The van der Waals surface area contributed by atoms with Gasteiger partial charge in [-0.1, -0.05) is 33.3 Å². The second kappa shape index (κ2) is 4.55. The van der Waals surface area contributed by atoms with Gasteiger partial charge in [-0.15, -0.1) is 0 Å². The first-order valence-electron chi connectivity index (χ1n) is 7.06. The minimum absolute atomic E-state index is 0.104. The molecule has 110 valence electrons. The highest BCUT2D eigenvalue weighted by molar-refractivity contribution is 5.31. The molecule has 2 aliphatic carbocycles. The summed E-state index contributed by atoms with van der Waals surface area (Å²) in [6.45, 7) is 5.38. The number of fused-ring (bicyclic) bond motifs is 1. The molecule has 2 rings (SSSR count). The van der Waals surface area contributed by atoms with Crippen LogP contribution in [0.3, 0.4) is 0 Å². The molecule has 0 aromatic heterocycles. The number of aliphatic hydroxyl groups is 4. The lowest BCUT2D eigenvalue weighted by Gasteiger charge is -2.61. The van der Waals surface area contributed by atoms with Crippen molar-refractivity contribution in [2.45, 2.75) is 51.7 Å². The van der Waals surface area contributed by atoms with Gasteiger partial charge in [0.1, 0.15) is 5.60 Å². The van der Waals surface area contributed by atoms with E-state index >= 15 is 0 Å². The number of aliphatic hydroxyl groups excluding tert-OH is 3. The molecule has 4 heteroatoms. The van der Waals surface area contributed by atoms with Gasteiger partial charge in [0, 0.05) is 11.3 Å².